The minimum Gasteiger partial charge on any atom is -0.495 e. The molecule has 3 aromatic rings. The van der Waals surface area contributed by atoms with Crippen LogP contribution in [0, 0.1) is 0 Å². The van der Waals surface area contributed by atoms with Crippen molar-refractivity contribution < 1.29 is 23.7 Å². The van der Waals surface area contributed by atoms with Gasteiger partial charge in [0.2, 0.25) is 6.10 Å². The fraction of sp³-hybridized carbons (Fsp3) is 0.391. The van der Waals surface area contributed by atoms with Crippen LogP contribution in [0.4, 0.5) is 5.13 Å². The summed E-state index contributed by atoms with van der Waals surface area (Å²) in [5.41, 5.74) is 0.661. The fourth-order valence-electron chi connectivity index (χ4n) is 3.53. The van der Waals surface area contributed by atoms with Gasteiger partial charge in [0, 0.05) is 13.1 Å². The minimum absolute atomic E-state index is 0. The highest BCUT2D eigenvalue weighted by Gasteiger charge is 2.38. The maximum atomic E-state index is 13.7. The first-order chi connectivity index (χ1) is 15.4. The number of hydrogen-bond acceptors (Lipinski definition) is 8. The molecular formula is C23H28ClN3O5S. The summed E-state index contributed by atoms with van der Waals surface area (Å²) in [4.78, 5) is 22.2. The third-order valence-electron chi connectivity index (χ3n) is 5.25. The first-order valence-corrected chi connectivity index (χ1v) is 11.1. The number of carbonyl (C=O) groups excluding carboxylic acids is 1. The Morgan fingerprint density at radius 1 is 1.03 bits per heavy atom. The van der Waals surface area contributed by atoms with Crippen molar-refractivity contribution in [3.8, 4) is 23.0 Å². The average molecular weight is 494 g/mol. The maximum Gasteiger partial charge on any atom is 0.273 e. The molecule has 0 N–H and O–H groups in total. The van der Waals surface area contributed by atoms with E-state index in [2.05, 4.69) is 0 Å². The number of carbonyl (C=O) groups is 1. The Balaban J connectivity index is 0.00000306. The lowest BCUT2D eigenvalue weighted by Crippen LogP contribution is -2.52. The molecule has 0 spiro atoms. The summed E-state index contributed by atoms with van der Waals surface area (Å²) in [7, 11) is 7.14. The third kappa shape index (κ3) is 4.95. The van der Waals surface area contributed by atoms with E-state index in [9.17, 15) is 4.79 Å². The quantitative estimate of drug-likeness (QED) is 0.494. The summed E-state index contributed by atoms with van der Waals surface area (Å²) in [5.74, 6) is 2.31. The van der Waals surface area contributed by atoms with E-state index < -0.39 is 12.2 Å². The average Bonchev–Trinajstić information content (AvgIpc) is 3.22. The molecule has 1 aliphatic heterocycles. The highest BCUT2D eigenvalue weighted by molar-refractivity contribution is 7.22. The van der Waals surface area contributed by atoms with Crippen molar-refractivity contribution in [3.05, 3.63) is 36.4 Å². The lowest BCUT2D eigenvalue weighted by molar-refractivity contribution is -0.130. The second-order valence-electron chi connectivity index (χ2n) is 7.75. The number of fused-ring (bicyclic) bond motifs is 2. The molecule has 0 saturated carbocycles. The molecule has 0 aliphatic carbocycles. The zero-order valence-corrected chi connectivity index (χ0v) is 20.9. The molecule has 1 amide bonds. The van der Waals surface area contributed by atoms with Gasteiger partial charge in [-0.15, -0.1) is 12.4 Å². The van der Waals surface area contributed by atoms with E-state index in [4.69, 9.17) is 23.9 Å². The van der Waals surface area contributed by atoms with E-state index in [1.54, 1.807) is 25.2 Å². The topological polar surface area (TPSA) is 73.4 Å². The molecule has 178 valence electrons. The van der Waals surface area contributed by atoms with E-state index >= 15 is 0 Å². The van der Waals surface area contributed by atoms with Crippen LogP contribution in [0.5, 0.6) is 23.0 Å². The number of benzene rings is 2. The Hall–Kier alpha value is -2.75. The molecule has 4 rings (SSSR count). The summed E-state index contributed by atoms with van der Waals surface area (Å²) in [5, 5.41) is 0.560. The number of ether oxygens (including phenoxy) is 4. The van der Waals surface area contributed by atoms with Crippen LogP contribution in [0.2, 0.25) is 0 Å². The highest BCUT2D eigenvalue weighted by atomic mass is 35.5. The van der Waals surface area contributed by atoms with Crippen molar-refractivity contribution in [2.75, 3.05) is 46.3 Å². The molecule has 1 aromatic heterocycles. The number of likely N-dealkylation sites (N-methyl/N-ethyl adjacent to an activating group) is 1. The Kier molecular flexibility index (Phi) is 7.88. The van der Waals surface area contributed by atoms with Gasteiger partial charge in [-0.05, 0) is 45.3 Å². The van der Waals surface area contributed by atoms with Crippen LogP contribution >= 0.6 is 23.7 Å². The standard InChI is InChI=1S/C23H27N3O5S.ClH/c1-14-20(31-16-9-7-6-8-15(16)30-14)22(27)26(13-12-25(2)3)23-24-19-17(28-4)10-11-18(29-5)21(19)32-23;/h6-11,14,20H,12-13H2,1-5H3;1H. The van der Waals surface area contributed by atoms with Crippen molar-refractivity contribution in [2.24, 2.45) is 0 Å². The van der Waals surface area contributed by atoms with Crippen molar-refractivity contribution in [1.29, 1.82) is 0 Å². The molecular weight excluding hydrogens is 466 g/mol. The molecule has 0 radical (unpaired) electrons. The number of halogens is 1. The predicted molar refractivity (Wildman–Crippen MR) is 132 cm³/mol. The van der Waals surface area contributed by atoms with Gasteiger partial charge in [-0.2, -0.15) is 0 Å². The second-order valence-corrected chi connectivity index (χ2v) is 8.72. The zero-order chi connectivity index (χ0) is 22.8. The molecule has 10 heteroatoms. The molecule has 2 atom stereocenters. The molecule has 1 aliphatic rings. The van der Waals surface area contributed by atoms with E-state index in [0.717, 1.165) is 4.70 Å². The molecule has 8 nitrogen and oxygen atoms in total. The molecule has 0 saturated heterocycles. The van der Waals surface area contributed by atoms with Crippen LogP contribution in [0.1, 0.15) is 6.92 Å². The predicted octanol–water partition coefficient (Wildman–Crippen LogP) is 3.86. The second kappa shape index (κ2) is 10.5. The van der Waals surface area contributed by atoms with Crippen LogP contribution in [0.15, 0.2) is 36.4 Å². The largest absolute Gasteiger partial charge is 0.495 e. The Morgan fingerprint density at radius 2 is 1.67 bits per heavy atom. The van der Waals surface area contributed by atoms with Crippen LogP contribution in [0.25, 0.3) is 10.2 Å². The zero-order valence-electron chi connectivity index (χ0n) is 19.2. The number of amides is 1. The van der Waals surface area contributed by atoms with E-state index in [1.165, 1.54) is 11.3 Å². The Morgan fingerprint density at radius 3 is 2.30 bits per heavy atom. The molecule has 0 bridgehead atoms. The van der Waals surface area contributed by atoms with Gasteiger partial charge in [0.15, 0.2) is 16.6 Å². The summed E-state index contributed by atoms with van der Waals surface area (Å²) < 4.78 is 23.9. The number of rotatable bonds is 7. The number of thiazole rings is 1. The summed E-state index contributed by atoms with van der Waals surface area (Å²) in [6, 6.07) is 11.0. The first-order valence-electron chi connectivity index (χ1n) is 10.3. The van der Waals surface area contributed by atoms with Gasteiger partial charge in [-0.3, -0.25) is 9.69 Å². The monoisotopic (exact) mass is 493 g/mol. The van der Waals surface area contributed by atoms with Crippen LogP contribution in [-0.4, -0.2) is 69.4 Å². The van der Waals surface area contributed by atoms with Crippen molar-refractivity contribution in [2.45, 2.75) is 19.1 Å². The van der Waals surface area contributed by atoms with Crippen LogP contribution in [-0.2, 0) is 4.79 Å². The Labute approximate surface area is 203 Å². The van der Waals surface area contributed by atoms with Crippen LogP contribution < -0.4 is 23.8 Å². The van der Waals surface area contributed by atoms with E-state index in [-0.39, 0.29) is 18.3 Å². The van der Waals surface area contributed by atoms with Gasteiger partial charge >= 0.3 is 0 Å². The minimum atomic E-state index is -0.789. The van der Waals surface area contributed by atoms with Gasteiger partial charge < -0.3 is 23.8 Å². The van der Waals surface area contributed by atoms with E-state index in [1.807, 2.05) is 56.3 Å². The summed E-state index contributed by atoms with van der Waals surface area (Å²) >= 11 is 1.39. The molecule has 2 unspecified atom stereocenters. The molecule has 33 heavy (non-hydrogen) atoms. The van der Waals surface area contributed by atoms with Gasteiger partial charge in [-0.1, -0.05) is 23.5 Å². The number of para-hydroxylation sites is 2. The highest BCUT2D eigenvalue weighted by Crippen LogP contribution is 2.41. The first kappa shape index (κ1) is 24.9. The number of hydrogen-bond donors (Lipinski definition) is 0. The number of anilines is 1. The van der Waals surface area contributed by atoms with E-state index in [0.29, 0.717) is 46.7 Å². The SMILES string of the molecule is COc1ccc(OC)c2sc(N(CCN(C)C)C(=O)C3Oc4ccccc4OC3C)nc12.Cl. The summed E-state index contributed by atoms with van der Waals surface area (Å²) in [6.07, 6.45) is -1.24. The van der Waals surface area contributed by atoms with Gasteiger partial charge in [0.05, 0.1) is 14.2 Å². The molecule has 0 fully saturated rings. The normalized spacial score (nSPS) is 16.9. The summed E-state index contributed by atoms with van der Waals surface area (Å²) in [6.45, 7) is 2.95. The van der Waals surface area contributed by atoms with Gasteiger partial charge in [0.1, 0.15) is 27.8 Å². The smallest absolute Gasteiger partial charge is 0.273 e. The van der Waals surface area contributed by atoms with Gasteiger partial charge in [0.25, 0.3) is 5.91 Å². The lowest BCUT2D eigenvalue weighted by Gasteiger charge is -2.34. The van der Waals surface area contributed by atoms with Crippen molar-refractivity contribution >= 4 is 45.0 Å². The lowest BCUT2D eigenvalue weighted by atomic mass is 10.1. The maximum absolute atomic E-state index is 13.7. The van der Waals surface area contributed by atoms with Gasteiger partial charge in [-0.25, -0.2) is 4.98 Å². The fourth-order valence-corrected chi connectivity index (χ4v) is 4.64. The van der Waals surface area contributed by atoms with Crippen LogP contribution in [0.3, 0.4) is 0 Å². The van der Waals surface area contributed by atoms with Crippen molar-refractivity contribution in [1.82, 2.24) is 9.88 Å². The number of methoxy groups -OCH3 is 2. The number of nitrogens with zero attached hydrogens (tertiary/aromatic N) is 3. The Bertz CT molecular complexity index is 1080. The third-order valence-corrected chi connectivity index (χ3v) is 6.35. The van der Waals surface area contributed by atoms with Crippen molar-refractivity contribution in [3.63, 3.8) is 0 Å². The molecule has 2 heterocycles. The number of aromatic nitrogens is 1. The molecule has 2 aromatic carbocycles.